The summed E-state index contributed by atoms with van der Waals surface area (Å²) in [6.45, 7) is 3.95. The number of rotatable bonds is 1. The van der Waals surface area contributed by atoms with Crippen LogP contribution in [0.2, 0.25) is 0 Å². The third kappa shape index (κ3) is 1.01. The number of likely N-dealkylation sites (tertiary alicyclic amines) is 1. The number of ether oxygens (including phenoxy) is 1. The highest BCUT2D eigenvalue weighted by Gasteiger charge is 2.89. The van der Waals surface area contributed by atoms with Crippen molar-refractivity contribution in [1.29, 1.82) is 0 Å². The Morgan fingerprint density at radius 3 is 2.92 bits per heavy atom. The SMILES string of the molecule is CC(=O)C1CC23C=CC1(C)C1Oc4c(O)ccc5c4[C@@]12CC1(C5)[C@H]3[N@]1C. The zero-order valence-electron chi connectivity index (χ0n) is 15.4. The first-order valence-electron chi connectivity index (χ1n) is 9.78. The number of carbonyl (C=O) groups excluding carboxylic acids is 1. The molecule has 8 atom stereocenters. The maximum Gasteiger partial charge on any atom is 0.165 e. The number of aromatic hydroxyl groups is 1. The van der Waals surface area contributed by atoms with Gasteiger partial charge in [-0.2, -0.15) is 0 Å². The highest BCUT2D eigenvalue weighted by molar-refractivity contribution is 5.82. The molecule has 134 valence electrons. The van der Waals surface area contributed by atoms with E-state index in [9.17, 15) is 9.90 Å². The van der Waals surface area contributed by atoms with E-state index in [1.807, 2.05) is 0 Å². The molecule has 5 aliphatic carbocycles. The first-order valence-corrected chi connectivity index (χ1v) is 9.78. The van der Waals surface area contributed by atoms with Gasteiger partial charge in [0.15, 0.2) is 11.5 Å². The van der Waals surface area contributed by atoms with Gasteiger partial charge in [0, 0.05) is 39.3 Å². The standard InChI is InChI=1S/C22H23NO3/c1-11(24)13-9-20-7-6-19(13,2)18-22(20)10-21(17(20)23(21)3)8-12-4-5-14(25)16(26-18)15(12)22/h4-7,13,17-18,25H,8-10H2,1-3H3/t13?,17-,18?,19?,20?,21?,22-,23-/m0/s1. The summed E-state index contributed by atoms with van der Waals surface area (Å²) in [5.74, 6) is 1.23. The van der Waals surface area contributed by atoms with Gasteiger partial charge in [0.05, 0.1) is 0 Å². The minimum Gasteiger partial charge on any atom is -0.504 e. The lowest BCUT2D eigenvalue weighted by molar-refractivity contribution is -0.144. The van der Waals surface area contributed by atoms with Crippen LogP contribution in [0.1, 0.15) is 37.8 Å². The zero-order chi connectivity index (χ0) is 17.9. The molecule has 4 bridgehead atoms. The molecule has 8 rings (SSSR count). The molecule has 1 aromatic carbocycles. The van der Waals surface area contributed by atoms with Gasteiger partial charge in [-0.25, -0.2) is 0 Å². The lowest BCUT2D eigenvalue weighted by Gasteiger charge is -2.63. The van der Waals surface area contributed by atoms with Crippen LogP contribution in [-0.2, 0) is 16.6 Å². The Morgan fingerprint density at radius 1 is 1.35 bits per heavy atom. The van der Waals surface area contributed by atoms with Crippen LogP contribution in [0.25, 0.3) is 0 Å². The number of ketones is 1. The molecule has 5 unspecified atom stereocenters. The molecule has 0 radical (unpaired) electrons. The second kappa shape index (κ2) is 3.49. The van der Waals surface area contributed by atoms with Gasteiger partial charge in [-0.3, -0.25) is 9.69 Å². The molecule has 3 fully saturated rings. The van der Waals surface area contributed by atoms with Crippen LogP contribution in [0.15, 0.2) is 24.3 Å². The molecule has 1 aromatic rings. The Hall–Kier alpha value is -1.81. The number of nitrogens with zero attached hydrogens (tertiary/aromatic N) is 1. The molecule has 1 N–H and O–H groups in total. The predicted octanol–water partition coefficient (Wildman–Crippen LogP) is 2.58. The predicted molar refractivity (Wildman–Crippen MR) is 95.3 cm³/mol. The van der Waals surface area contributed by atoms with Crippen molar-refractivity contribution in [2.24, 2.45) is 16.7 Å². The summed E-state index contributed by atoms with van der Waals surface area (Å²) >= 11 is 0. The maximum absolute atomic E-state index is 12.6. The molecular weight excluding hydrogens is 326 g/mol. The number of hydrogen-bond acceptors (Lipinski definition) is 4. The first kappa shape index (κ1) is 14.3. The molecule has 1 saturated heterocycles. The average molecular weight is 349 g/mol. The number of carbonyl (C=O) groups is 1. The fraction of sp³-hybridized carbons (Fsp3) is 0.591. The minimum atomic E-state index is -0.301. The molecule has 2 saturated carbocycles. The van der Waals surface area contributed by atoms with Gasteiger partial charge in [-0.05, 0) is 44.9 Å². The van der Waals surface area contributed by atoms with Gasteiger partial charge in [-0.15, -0.1) is 0 Å². The Labute approximate surface area is 152 Å². The molecule has 4 nitrogen and oxygen atoms in total. The van der Waals surface area contributed by atoms with E-state index in [-0.39, 0.29) is 45.3 Å². The summed E-state index contributed by atoms with van der Waals surface area (Å²) in [4.78, 5) is 15.2. The zero-order valence-corrected chi connectivity index (χ0v) is 15.4. The Morgan fingerprint density at radius 2 is 2.15 bits per heavy atom. The highest BCUT2D eigenvalue weighted by Crippen LogP contribution is 2.84. The van der Waals surface area contributed by atoms with Crippen LogP contribution in [0.4, 0.5) is 0 Å². The molecule has 26 heavy (non-hydrogen) atoms. The topological polar surface area (TPSA) is 49.5 Å². The second-order valence-electron chi connectivity index (χ2n) is 9.99. The fourth-order valence-corrected chi connectivity index (χ4v) is 8.57. The quantitative estimate of drug-likeness (QED) is 0.625. The summed E-state index contributed by atoms with van der Waals surface area (Å²) in [7, 11) is 2.25. The maximum atomic E-state index is 12.6. The number of hydrogen-bond donors (Lipinski definition) is 1. The van der Waals surface area contributed by atoms with Crippen LogP contribution >= 0.6 is 0 Å². The van der Waals surface area contributed by atoms with Crippen molar-refractivity contribution in [2.75, 3.05) is 7.05 Å². The van der Waals surface area contributed by atoms with Gasteiger partial charge < -0.3 is 9.84 Å². The largest absolute Gasteiger partial charge is 0.504 e. The van der Waals surface area contributed by atoms with Crippen molar-refractivity contribution in [3.8, 4) is 11.5 Å². The number of Topliss-reactive ketones (excluding diaryl/α,β-unsaturated/α-hetero) is 1. The van der Waals surface area contributed by atoms with E-state index < -0.39 is 0 Å². The van der Waals surface area contributed by atoms with Gasteiger partial charge >= 0.3 is 0 Å². The molecule has 0 amide bonds. The van der Waals surface area contributed by atoms with E-state index in [1.54, 1.807) is 13.0 Å². The number of benzene rings is 1. The van der Waals surface area contributed by atoms with Gasteiger partial charge in [0.25, 0.3) is 0 Å². The lowest BCUT2D eigenvalue weighted by atomic mass is 9.40. The first-order chi connectivity index (χ1) is 12.3. The second-order valence-corrected chi connectivity index (χ2v) is 9.99. The van der Waals surface area contributed by atoms with E-state index in [0.717, 1.165) is 19.3 Å². The third-order valence-corrected chi connectivity index (χ3v) is 9.37. The fourth-order valence-electron chi connectivity index (χ4n) is 8.57. The third-order valence-electron chi connectivity index (χ3n) is 9.37. The number of fused-ring (bicyclic) bond motifs is 1. The van der Waals surface area contributed by atoms with Crippen LogP contribution in [-0.4, -0.2) is 40.5 Å². The average Bonchev–Trinajstić information content (AvgIpc) is 2.92. The van der Waals surface area contributed by atoms with E-state index in [0.29, 0.717) is 11.8 Å². The highest BCUT2D eigenvalue weighted by atomic mass is 16.5. The number of phenolic OH excluding ortho intramolecular Hbond substituents is 1. The van der Waals surface area contributed by atoms with Crippen LogP contribution in [0.3, 0.4) is 0 Å². The van der Waals surface area contributed by atoms with E-state index in [4.69, 9.17) is 4.74 Å². The number of piperidine rings is 1. The monoisotopic (exact) mass is 349 g/mol. The van der Waals surface area contributed by atoms with Gasteiger partial charge in [-0.1, -0.05) is 25.1 Å². The van der Waals surface area contributed by atoms with E-state index in [1.165, 1.54) is 11.1 Å². The molecule has 2 heterocycles. The van der Waals surface area contributed by atoms with Crippen molar-refractivity contribution < 1.29 is 14.6 Å². The van der Waals surface area contributed by atoms with Crippen molar-refractivity contribution in [1.82, 2.24) is 4.90 Å². The molecule has 2 aliphatic heterocycles. The Bertz CT molecular complexity index is 984. The molecule has 4 heteroatoms. The molecular formula is C22H23NO3. The summed E-state index contributed by atoms with van der Waals surface area (Å²) in [6.07, 6.45) is 7.74. The van der Waals surface area contributed by atoms with Gasteiger partial charge in [0.1, 0.15) is 11.9 Å². The van der Waals surface area contributed by atoms with Crippen molar-refractivity contribution in [3.63, 3.8) is 0 Å². The summed E-state index contributed by atoms with van der Waals surface area (Å²) in [5.41, 5.74) is 2.39. The summed E-state index contributed by atoms with van der Waals surface area (Å²) < 4.78 is 6.59. The van der Waals surface area contributed by atoms with E-state index >= 15 is 0 Å². The number of phenols is 1. The minimum absolute atomic E-state index is 0.00608. The molecule has 7 aliphatic rings. The smallest absolute Gasteiger partial charge is 0.165 e. The Kier molecular flexibility index (Phi) is 1.92. The van der Waals surface area contributed by atoms with Crippen LogP contribution < -0.4 is 4.74 Å². The van der Waals surface area contributed by atoms with Crippen molar-refractivity contribution in [2.45, 2.75) is 56.2 Å². The number of likely N-dealkylation sites (N-methyl/N-ethyl adjacent to an activating group) is 1. The van der Waals surface area contributed by atoms with Crippen LogP contribution in [0.5, 0.6) is 11.5 Å². The normalized spacial score (nSPS) is 55.3. The van der Waals surface area contributed by atoms with Crippen LogP contribution in [0, 0.1) is 16.7 Å². The summed E-state index contributed by atoms with van der Waals surface area (Å²) in [6, 6.07) is 4.39. The van der Waals surface area contributed by atoms with E-state index in [2.05, 4.69) is 37.1 Å². The molecule has 3 spiro atoms. The summed E-state index contributed by atoms with van der Waals surface area (Å²) in [5, 5.41) is 10.6. The Balaban J connectivity index is 1.62. The van der Waals surface area contributed by atoms with Crippen molar-refractivity contribution in [3.05, 3.63) is 35.4 Å². The van der Waals surface area contributed by atoms with Crippen molar-refractivity contribution >= 4 is 5.78 Å². The van der Waals surface area contributed by atoms with Gasteiger partial charge in [0.2, 0.25) is 0 Å². The lowest BCUT2D eigenvalue weighted by Crippen LogP contribution is -2.68. The molecule has 0 aromatic heterocycles.